The minimum atomic E-state index is 0.118. The van der Waals surface area contributed by atoms with Gasteiger partial charge < -0.3 is 0 Å². The summed E-state index contributed by atoms with van der Waals surface area (Å²) in [4.78, 5) is 18.0. The van der Waals surface area contributed by atoms with Crippen molar-refractivity contribution in [2.24, 2.45) is 0 Å². The Morgan fingerprint density at radius 3 is 2.85 bits per heavy atom. The number of aromatic nitrogens is 1. The van der Waals surface area contributed by atoms with E-state index in [1.54, 1.807) is 11.3 Å². The molecule has 0 bridgehead atoms. The molecule has 2 heterocycles. The molecule has 0 saturated carbocycles. The second-order valence-electron chi connectivity index (χ2n) is 4.84. The number of aryl methyl sites for hydroxylation is 2. The molecule has 1 aromatic carbocycles. The molecule has 0 amide bonds. The first-order chi connectivity index (χ1) is 9.74. The van der Waals surface area contributed by atoms with Crippen LogP contribution in [0.1, 0.15) is 27.3 Å². The van der Waals surface area contributed by atoms with Gasteiger partial charge in [-0.15, -0.1) is 11.3 Å². The normalized spacial score (nSPS) is 10.8. The van der Waals surface area contributed by atoms with E-state index in [-0.39, 0.29) is 5.78 Å². The van der Waals surface area contributed by atoms with Crippen molar-refractivity contribution in [1.29, 1.82) is 0 Å². The molecule has 0 atom stereocenters. The highest BCUT2D eigenvalue weighted by Gasteiger charge is 2.10. The average Bonchev–Trinajstić information content (AvgIpc) is 2.98. The van der Waals surface area contributed by atoms with Crippen LogP contribution in [-0.4, -0.2) is 10.8 Å². The fourth-order valence-electron chi connectivity index (χ4n) is 2.31. The van der Waals surface area contributed by atoms with Crippen LogP contribution in [0.25, 0.3) is 10.9 Å². The molecule has 2 aromatic heterocycles. The van der Waals surface area contributed by atoms with Gasteiger partial charge in [0.15, 0.2) is 5.78 Å². The lowest BCUT2D eigenvalue weighted by Crippen LogP contribution is -2.04. The molecule has 100 valence electrons. The number of thiophene rings is 1. The maximum atomic E-state index is 12.3. The Morgan fingerprint density at radius 2 is 2.05 bits per heavy atom. The fourth-order valence-corrected chi connectivity index (χ4v) is 3.02. The fraction of sp³-hybridized carbons (Fsp3) is 0.176. The van der Waals surface area contributed by atoms with Gasteiger partial charge in [-0.25, -0.2) is 4.98 Å². The zero-order valence-electron chi connectivity index (χ0n) is 11.3. The third-order valence-corrected chi connectivity index (χ3v) is 4.32. The molecular formula is C17H15NOS. The summed E-state index contributed by atoms with van der Waals surface area (Å²) in [7, 11) is 0. The third kappa shape index (κ3) is 2.63. The third-order valence-electron chi connectivity index (χ3n) is 3.39. The highest BCUT2D eigenvalue weighted by atomic mass is 32.1. The van der Waals surface area contributed by atoms with E-state index in [9.17, 15) is 4.79 Å². The second-order valence-corrected chi connectivity index (χ2v) is 5.88. The van der Waals surface area contributed by atoms with E-state index in [4.69, 9.17) is 0 Å². The van der Waals surface area contributed by atoms with Gasteiger partial charge in [0.05, 0.1) is 5.52 Å². The van der Waals surface area contributed by atoms with Crippen LogP contribution in [0.5, 0.6) is 0 Å². The first-order valence-corrected chi connectivity index (χ1v) is 7.54. The van der Waals surface area contributed by atoms with E-state index in [0.717, 1.165) is 22.9 Å². The number of hydrogen-bond donors (Lipinski definition) is 0. The topological polar surface area (TPSA) is 30.0 Å². The largest absolute Gasteiger partial charge is 0.292 e. The van der Waals surface area contributed by atoms with E-state index in [0.29, 0.717) is 12.1 Å². The van der Waals surface area contributed by atoms with Crippen LogP contribution >= 0.6 is 11.3 Å². The molecular weight excluding hydrogens is 266 g/mol. The second kappa shape index (κ2) is 5.55. The molecule has 3 heteroatoms. The van der Waals surface area contributed by atoms with Gasteiger partial charge in [0.25, 0.3) is 0 Å². The molecule has 0 aliphatic heterocycles. The van der Waals surface area contributed by atoms with Crippen LogP contribution in [0.15, 0.2) is 47.8 Å². The number of fused-ring (bicyclic) bond motifs is 1. The number of nitrogens with zero attached hydrogens (tertiary/aromatic N) is 1. The number of carbonyl (C=O) groups is 1. The maximum absolute atomic E-state index is 12.3. The molecule has 0 N–H and O–H groups in total. The quantitative estimate of drug-likeness (QED) is 0.663. The van der Waals surface area contributed by atoms with Crippen molar-refractivity contribution in [2.45, 2.75) is 19.8 Å². The van der Waals surface area contributed by atoms with Gasteiger partial charge in [0, 0.05) is 16.7 Å². The summed E-state index contributed by atoms with van der Waals surface area (Å²) in [5.41, 5.74) is 2.58. The van der Waals surface area contributed by atoms with Crippen molar-refractivity contribution in [2.75, 3.05) is 0 Å². The lowest BCUT2D eigenvalue weighted by molar-refractivity contribution is 0.0978. The lowest BCUT2D eigenvalue weighted by Gasteiger charge is -2.05. The average molecular weight is 281 g/mol. The molecule has 0 aliphatic carbocycles. The minimum absolute atomic E-state index is 0.118. The van der Waals surface area contributed by atoms with Crippen molar-refractivity contribution in [3.63, 3.8) is 0 Å². The molecule has 0 saturated heterocycles. The van der Waals surface area contributed by atoms with Gasteiger partial charge in [0.1, 0.15) is 5.69 Å². The highest BCUT2D eigenvalue weighted by Crippen LogP contribution is 2.19. The Bertz CT molecular complexity index is 747. The Labute approximate surface area is 122 Å². The zero-order valence-corrected chi connectivity index (χ0v) is 12.1. The van der Waals surface area contributed by atoms with Gasteiger partial charge in [-0.3, -0.25) is 4.79 Å². The summed E-state index contributed by atoms with van der Waals surface area (Å²) < 4.78 is 0. The molecule has 3 aromatic rings. The number of para-hydroxylation sites is 1. The number of Topliss-reactive ketones (excluding diaryl/α,β-unsaturated/α-hetero) is 1. The van der Waals surface area contributed by atoms with Crippen molar-refractivity contribution in [3.05, 3.63) is 64.0 Å². The van der Waals surface area contributed by atoms with E-state index < -0.39 is 0 Å². The summed E-state index contributed by atoms with van der Waals surface area (Å²) in [6.07, 6.45) is 1.31. The first kappa shape index (κ1) is 13.0. The van der Waals surface area contributed by atoms with Crippen molar-refractivity contribution >= 4 is 28.0 Å². The van der Waals surface area contributed by atoms with Gasteiger partial charge in [-0.2, -0.15) is 0 Å². The molecule has 0 unspecified atom stereocenters. The summed E-state index contributed by atoms with van der Waals surface area (Å²) >= 11 is 1.69. The summed E-state index contributed by atoms with van der Waals surface area (Å²) in [5, 5.41) is 3.15. The lowest BCUT2D eigenvalue weighted by atomic mass is 10.1. The molecule has 20 heavy (non-hydrogen) atoms. The van der Waals surface area contributed by atoms with Crippen LogP contribution in [-0.2, 0) is 6.42 Å². The standard InChI is InChI=1S/C17H15NOS/c1-12-11-16(18-15-7-3-2-6-14(12)15)17(19)9-8-13-5-4-10-20-13/h2-7,10-11H,8-9H2,1H3. The molecule has 0 fully saturated rings. The van der Waals surface area contributed by atoms with Crippen LogP contribution in [0.3, 0.4) is 0 Å². The molecule has 0 spiro atoms. The van der Waals surface area contributed by atoms with E-state index >= 15 is 0 Å². The summed E-state index contributed by atoms with van der Waals surface area (Å²) in [6.45, 7) is 2.03. The van der Waals surface area contributed by atoms with Crippen LogP contribution in [0.2, 0.25) is 0 Å². The Balaban J connectivity index is 1.84. The van der Waals surface area contributed by atoms with Gasteiger partial charge in [0.2, 0.25) is 0 Å². The Morgan fingerprint density at radius 1 is 1.20 bits per heavy atom. The van der Waals surface area contributed by atoms with Crippen molar-refractivity contribution in [3.8, 4) is 0 Å². The number of carbonyl (C=O) groups excluding carboxylic acids is 1. The van der Waals surface area contributed by atoms with Crippen molar-refractivity contribution < 1.29 is 4.79 Å². The van der Waals surface area contributed by atoms with Gasteiger partial charge >= 0.3 is 0 Å². The summed E-state index contributed by atoms with van der Waals surface area (Å²) in [5.74, 6) is 0.118. The van der Waals surface area contributed by atoms with Crippen LogP contribution < -0.4 is 0 Å². The van der Waals surface area contributed by atoms with E-state index in [2.05, 4.69) is 11.1 Å². The molecule has 0 radical (unpaired) electrons. The monoisotopic (exact) mass is 281 g/mol. The Hall–Kier alpha value is -2.00. The maximum Gasteiger partial charge on any atom is 0.181 e. The van der Waals surface area contributed by atoms with E-state index in [1.807, 2.05) is 48.7 Å². The molecule has 0 aliphatic rings. The minimum Gasteiger partial charge on any atom is -0.292 e. The number of rotatable bonds is 4. The number of ketones is 1. The number of benzene rings is 1. The Kier molecular flexibility index (Phi) is 3.61. The van der Waals surface area contributed by atoms with E-state index in [1.165, 1.54) is 4.88 Å². The highest BCUT2D eigenvalue weighted by molar-refractivity contribution is 7.09. The van der Waals surface area contributed by atoms with Gasteiger partial charge in [-0.1, -0.05) is 24.3 Å². The SMILES string of the molecule is Cc1cc(C(=O)CCc2cccs2)nc2ccccc12. The van der Waals surface area contributed by atoms with Crippen LogP contribution in [0.4, 0.5) is 0 Å². The smallest absolute Gasteiger partial charge is 0.181 e. The molecule has 3 rings (SSSR count). The first-order valence-electron chi connectivity index (χ1n) is 6.66. The predicted molar refractivity (Wildman–Crippen MR) is 83.5 cm³/mol. The summed E-state index contributed by atoms with van der Waals surface area (Å²) in [6, 6.07) is 13.9. The zero-order chi connectivity index (χ0) is 13.9. The predicted octanol–water partition coefficient (Wildman–Crippen LogP) is 4.42. The van der Waals surface area contributed by atoms with Crippen molar-refractivity contribution in [1.82, 2.24) is 4.98 Å². The number of hydrogen-bond acceptors (Lipinski definition) is 3. The van der Waals surface area contributed by atoms with Gasteiger partial charge in [-0.05, 0) is 42.5 Å². The van der Waals surface area contributed by atoms with Crippen LogP contribution in [0, 0.1) is 6.92 Å². The number of pyridine rings is 1. The molecule has 2 nitrogen and oxygen atoms in total.